The third-order valence-electron chi connectivity index (χ3n) is 4.85. The molecule has 0 aromatic heterocycles. The van der Waals surface area contributed by atoms with E-state index in [0.717, 1.165) is 0 Å². The van der Waals surface area contributed by atoms with E-state index in [-0.39, 0.29) is 0 Å². The summed E-state index contributed by atoms with van der Waals surface area (Å²) in [6.45, 7) is 0. The predicted molar refractivity (Wildman–Crippen MR) is 82.8 cm³/mol. The van der Waals surface area contributed by atoms with Gasteiger partial charge in [-0.05, 0) is 11.6 Å². The summed E-state index contributed by atoms with van der Waals surface area (Å²) >= 11 is 3.39. The van der Waals surface area contributed by atoms with E-state index in [1.165, 1.54) is 4.74 Å². The molecule has 0 spiro atoms. The molecule has 0 atom stereocenters. The summed E-state index contributed by atoms with van der Waals surface area (Å²) in [7, 11) is -8.29. The first-order valence-electron chi connectivity index (χ1n) is 8.98. The van der Waals surface area contributed by atoms with Crippen molar-refractivity contribution >= 4 is 21.7 Å². The first-order valence-corrected chi connectivity index (χ1v) is 10.8. The van der Waals surface area contributed by atoms with E-state index in [0.29, 0.717) is 0 Å². The molecule has 272 valence electrons. The highest BCUT2D eigenvalue weighted by molar-refractivity contribution is 7.87. The van der Waals surface area contributed by atoms with Gasteiger partial charge >= 0.3 is 86.3 Å². The summed E-state index contributed by atoms with van der Waals surface area (Å²) in [4.78, 5) is 0. The summed E-state index contributed by atoms with van der Waals surface area (Å²) in [6.07, 6.45) is -8.12. The number of halogens is 27. The molecule has 0 amide bonds. The van der Waals surface area contributed by atoms with Crippen LogP contribution in [0.25, 0.3) is 0 Å². The van der Waals surface area contributed by atoms with Crippen LogP contribution < -0.4 is 0 Å². The molecule has 0 bridgehead atoms. The Morgan fingerprint density at radius 1 is 0.378 bits per heavy atom. The minimum absolute atomic E-state index is 1.32. The lowest BCUT2D eigenvalue weighted by atomic mass is 9.85. The van der Waals surface area contributed by atoms with Crippen LogP contribution >= 0.6 is 11.6 Å². The smallest absolute Gasteiger partial charge is 0.281 e. The van der Waals surface area contributed by atoms with Crippen molar-refractivity contribution in [3.05, 3.63) is 0 Å². The predicted octanol–water partition coefficient (Wildman–Crippen LogP) is 8.22. The van der Waals surface area contributed by atoms with Crippen LogP contribution in [0.15, 0.2) is 0 Å². The zero-order valence-corrected chi connectivity index (χ0v) is 20.4. The van der Waals surface area contributed by atoms with Crippen molar-refractivity contribution in [3.8, 4) is 0 Å². The van der Waals surface area contributed by atoms with E-state index in [4.69, 9.17) is 4.55 Å². The minimum Gasteiger partial charge on any atom is -0.281 e. The quantitative estimate of drug-likeness (QED) is 0.110. The van der Waals surface area contributed by atoms with E-state index in [1.54, 1.807) is 0 Å². The van der Waals surface area contributed by atoms with Gasteiger partial charge < -0.3 is 0 Å². The van der Waals surface area contributed by atoms with E-state index in [2.05, 4.69) is 11.6 Å². The van der Waals surface area contributed by atoms with Gasteiger partial charge in [-0.3, -0.25) is 4.55 Å². The summed E-state index contributed by atoms with van der Waals surface area (Å²) in [5.74, 6) is -95.0. The molecule has 0 heterocycles. The molecule has 0 saturated carbocycles. The summed E-state index contributed by atoms with van der Waals surface area (Å²) in [6, 6.07) is 0. The topological polar surface area (TPSA) is 63.6 Å². The Morgan fingerprint density at radius 2 is 0.556 bits per heavy atom. The van der Waals surface area contributed by atoms with Crippen molar-refractivity contribution in [2.45, 2.75) is 76.2 Å². The summed E-state index contributed by atoms with van der Waals surface area (Å²) in [5.41, 5.74) is -6.43. The highest BCUT2D eigenvalue weighted by Gasteiger charge is 3.00. The average molecular weight is 783 g/mol. The van der Waals surface area contributed by atoms with E-state index < -0.39 is 86.3 Å². The van der Waals surface area contributed by atoms with E-state index >= 15 is 0 Å². The van der Waals surface area contributed by atoms with Gasteiger partial charge in [0.05, 0.1) is 0 Å². The van der Waals surface area contributed by atoms with Crippen molar-refractivity contribution in [3.63, 3.8) is 0 Å². The molecule has 0 radical (unpaired) electrons. The fraction of sp³-hybridized carbons (Fsp3) is 1.00. The first kappa shape index (κ1) is 43.3. The van der Waals surface area contributed by atoms with E-state index in [9.17, 15) is 123 Å². The van der Waals surface area contributed by atoms with Gasteiger partial charge in [0.1, 0.15) is 0 Å². The van der Waals surface area contributed by atoms with Crippen molar-refractivity contribution in [1.82, 2.24) is 0 Å². The van der Waals surface area contributed by atoms with Crippen LogP contribution in [-0.2, 0) is 14.9 Å². The van der Waals surface area contributed by atoms with Crippen molar-refractivity contribution in [2.24, 2.45) is 0 Å². The highest BCUT2D eigenvalue weighted by atomic mass is 35.5. The maximum Gasteiger partial charge on any atom is 0.445 e. The maximum atomic E-state index is 13.6. The van der Waals surface area contributed by atoms with Gasteiger partial charge in [-0.2, -0.15) is 123 Å². The standard InChI is InChI=1S/C13HClF26O4S/c14-13(39,40)44-11(35,36)9(31,32)7(27,28)5(23,24)3(19,20)1(15,16)2(17,18)4(21,22)6(25,26)8(29,30)10(33,34)12(37,38)45(41,42)43/h(H,41,42,43). The molecule has 0 aliphatic carbocycles. The third-order valence-corrected chi connectivity index (χ3v) is 5.83. The molecule has 45 heavy (non-hydrogen) atoms. The van der Waals surface area contributed by atoms with Crippen LogP contribution in [-0.4, -0.2) is 89.1 Å². The van der Waals surface area contributed by atoms with Gasteiger partial charge in [-0.25, -0.2) is 4.74 Å². The Kier molecular flexibility index (Phi) is 10.0. The molecule has 0 aromatic rings. The summed E-state index contributed by atoms with van der Waals surface area (Å²) in [5, 5.41) is -8.27. The van der Waals surface area contributed by atoms with Gasteiger partial charge in [0.2, 0.25) is 0 Å². The second-order valence-corrected chi connectivity index (χ2v) is 9.70. The molecular weight excluding hydrogens is 782 g/mol. The minimum atomic E-state index is -9.85. The maximum absolute atomic E-state index is 13.6. The van der Waals surface area contributed by atoms with Crippen molar-refractivity contribution in [1.29, 1.82) is 0 Å². The Balaban J connectivity index is 7.49. The first-order chi connectivity index (χ1) is 18.7. The van der Waals surface area contributed by atoms with E-state index in [1.807, 2.05) is 0 Å². The van der Waals surface area contributed by atoms with Gasteiger partial charge in [0.15, 0.2) is 0 Å². The van der Waals surface area contributed by atoms with Crippen LogP contribution in [0, 0.1) is 0 Å². The molecule has 0 aliphatic rings. The van der Waals surface area contributed by atoms with Crippen LogP contribution in [0.1, 0.15) is 0 Å². The molecule has 0 aromatic carbocycles. The second kappa shape index (κ2) is 10.4. The molecule has 0 fully saturated rings. The zero-order chi connectivity index (χ0) is 37.7. The second-order valence-electron chi connectivity index (χ2n) is 7.80. The number of ether oxygens (including phenoxy) is 1. The normalized spacial score (nSPS) is 17.2. The Hall–Kier alpha value is -1.66. The van der Waals surface area contributed by atoms with Gasteiger partial charge in [-0.1, -0.05) is 0 Å². The zero-order valence-electron chi connectivity index (χ0n) is 18.8. The largest absolute Gasteiger partial charge is 0.445 e. The Labute approximate surface area is 230 Å². The monoisotopic (exact) mass is 782 g/mol. The van der Waals surface area contributed by atoms with Crippen molar-refractivity contribution in [2.75, 3.05) is 0 Å². The molecule has 32 heteroatoms. The lowest BCUT2D eigenvalue weighted by Gasteiger charge is -2.45. The van der Waals surface area contributed by atoms with Crippen LogP contribution in [0.2, 0.25) is 0 Å². The van der Waals surface area contributed by atoms with Gasteiger partial charge in [-0.15, -0.1) is 0 Å². The number of hydrogen-bond acceptors (Lipinski definition) is 3. The van der Waals surface area contributed by atoms with Crippen LogP contribution in [0.5, 0.6) is 0 Å². The number of alkyl halides is 27. The molecule has 0 rings (SSSR count). The fourth-order valence-electron chi connectivity index (χ4n) is 2.31. The SMILES string of the molecule is O=S(=O)(O)C(F)(F)C(F)(F)C(F)(F)C(F)(F)C(F)(F)C(F)(F)C(F)(F)C(F)(F)C(F)(F)C(F)(F)C(F)(F)C(F)(F)OC(F)(F)Cl. The molecular formula is C13HClF26O4S. The summed E-state index contributed by atoms with van der Waals surface area (Å²) < 4.78 is 376. The Morgan fingerprint density at radius 3 is 0.733 bits per heavy atom. The molecule has 4 nitrogen and oxygen atoms in total. The number of hydrogen-bond donors (Lipinski definition) is 1. The van der Waals surface area contributed by atoms with Gasteiger partial charge in [0.25, 0.3) is 0 Å². The number of rotatable bonds is 14. The van der Waals surface area contributed by atoms with Crippen LogP contribution in [0.3, 0.4) is 0 Å². The fourth-order valence-corrected chi connectivity index (χ4v) is 2.86. The Bertz CT molecular complexity index is 1220. The van der Waals surface area contributed by atoms with Gasteiger partial charge in [0, 0.05) is 0 Å². The molecule has 0 saturated heterocycles. The molecule has 1 N–H and O–H groups in total. The average Bonchev–Trinajstić information content (AvgIpc) is 2.75. The lowest BCUT2D eigenvalue weighted by Crippen LogP contribution is -2.78. The molecule has 0 unspecified atom stereocenters. The van der Waals surface area contributed by atoms with Crippen molar-refractivity contribution < 1.29 is 132 Å². The lowest BCUT2D eigenvalue weighted by molar-refractivity contribution is -0.494. The van der Waals surface area contributed by atoms with Crippen LogP contribution in [0.4, 0.5) is 114 Å². The molecule has 0 aliphatic heterocycles. The third kappa shape index (κ3) is 5.46. The highest BCUT2D eigenvalue weighted by Crippen LogP contribution is 2.68.